The number of amides is 2. The number of hydrogen-bond acceptors (Lipinski definition) is 7. The second-order valence-corrected chi connectivity index (χ2v) is 9.76. The Labute approximate surface area is 189 Å². The van der Waals surface area contributed by atoms with Gasteiger partial charge in [-0.1, -0.05) is 18.2 Å². The molecule has 3 heterocycles. The van der Waals surface area contributed by atoms with Crippen molar-refractivity contribution in [1.29, 1.82) is 0 Å². The molecule has 2 aliphatic rings. The number of carbonyl (C=O) groups excluding carboxylic acids is 2. The summed E-state index contributed by atoms with van der Waals surface area (Å²) in [6.07, 6.45) is 1.04. The van der Waals surface area contributed by atoms with Gasteiger partial charge >= 0.3 is 0 Å². The molecular formula is C23H20N2O7S. The van der Waals surface area contributed by atoms with Crippen LogP contribution in [0.2, 0.25) is 0 Å². The van der Waals surface area contributed by atoms with Crippen LogP contribution in [0.1, 0.15) is 23.0 Å². The molecule has 1 aromatic heterocycles. The molecule has 0 radical (unpaired) electrons. The van der Waals surface area contributed by atoms with E-state index in [1.165, 1.54) is 29.4 Å². The van der Waals surface area contributed by atoms with Gasteiger partial charge in [-0.2, -0.15) is 0 Å². The van der Waals surface area contributed by atoms with Crippen molar-refractivity contribution in [1.82, 2.24) is 5.32 Å². The van der Waals surface area contributed by atoms with E-state index >= 15 is 0 Å². The third kappa shape index (κ3) is 3.93. The predicted octanol–water partition coefficient (Wildman–Crippen LogP) is 2.58. The lowest BCUT2D eigenvalue weighted by Crippen LogP contribution is -2.40. The van der Waals surface area contributed by atoms with Crippen LogP contribution in [-0.2, 0) is 26.0 Å². The molecule has 33 heavy (non-hydrogen) atoms. The zero-order valence-corrected chi connectivity index (χ0v) is 18.2. The number of fused-ring (bicyclic) bond motifs is 2. The molecule has 1 N–H and O–H groups in total. The number of nitrogens with one attached hydrogen (secondary N) is 1. The highest BCUT2D eigenvalue weighted by Crippen LogP contribution is 2.40. The first-order valence-electron chi connectivity index (χ1n) is 10.3. The molecule has 2 aromatic carbocycles. The highest BCUT2D eigenvalue weighted by atomic mass is 32.2. The van der Waals surface area contributed by atoms with Crippen LogP contribution in [0.4, 0.5) is 5.69 Å². The largest absolute Gasteiger partial charge is 0.468 e. The Balaban J connectivity index is 1.37. The van der Waals surface area contributed by atoms with E-state index in [0.717, 1.165) is 5.56 Å². The summed E-state index contributed by atoms with van der Waals surface area (Å²) < 4.78 is 42.6. The van der Waals surface area contributed by atoms with E-state index < -0.39 is 26.9 Å². The van der Waals surface area contributed by atoms with Crippen LogP contribution < -0.4 is 19.7 Å². The normalized spacial score (nSPS) is 18.5. The average Bonchev–Trinajstić information content (AvgIpc) is 3.49. The van der Waals surface area contributed by atoms with Gasteiger partial charge in [-0.05, 0) is 42.0 Å². The van der Waals surface area contributed by atoms with E-state index in [2.05, 4.69) is 5.32 Å². The lowest BCUT2D eigenvalue weighted by molar-refractivity contribution is -0.124. The van der Waals surface area contributed by atoms with Gasteiger partial charge in [-0.3, -0.25) is 9.59 Å². The van der Waals surface area contributed by atoms with Crippen LogP contribution in [0.5, 0.6) is 11.5 Å². The zero-order valence-electron chi connectivity index (χ0n) is 17.4. The number of carbonyl (C=O) groups is 2. The van der Waals surface area contributed by atoms with Gasteiger partial charge in [0.15, 0.2) is 21.3 Å². The number of sulfone groups is 1. The van der Waals surface area contributed by atoms with E-state index in [0.29, 0.717) is 11.5 Å². The molecule has 0 bridgehead atoms. The minimum absolute atomic E-state index is 0.0131. The third-order valence-corrected chi connectivity index (χ3v) is 7.69. The molecule has 10 heteroatoms. The van der Waals surface area contributed by atoms with E-state index in [-0.39, 0.29) is 42.6 Å². The third-order valence-electron chi connectivity index (χ3n) is 5.59. The number of benzene rings is 2. The highest BCUT2D eigenvalue weighted by Gasteiger charge is 2.41. The summed E-state index contributed by atoms with van der Waals surface area (Å²) in [6.45, 7) is 0.0524. The summed E-state index contributed by atoms with van der Waals surface area (Å²) >= 11 is 0. The maximum absolute atomic E-state index is 13.3. The summed E-state index contributed by atoms with van der Waals surface area (Å²) in [5, 5.41) is 1.61. The minimum atomic E-state index is -3.92. The van der Waals surface area contributed by atoms with Gasteiger partial charge in [0.05, 0.1) is 23.3 Å². The zero-order chi connectivity index (χ0) is 23.0. The van der Waals surface area contributed by atoms with Crippen molar-refractivity contribution in [3.63, 3.8) is 0 Å². The van der Waals surface area contributed by atoms with Crippen molar-refractivity contribution in [2.24, 2.45) is 0 Å². The monoisotopic (exact) mass is 468 g/mol. The van der Waals surface area contributed by atoms with Crippen molar-refractivity contribution in [2.75, 3.05) is 18.2 Å². The molecule has 2 amide bonds. The smallest absolute Gasteiger partial charge is 0.240 e. The van der Waals surface area contributed by atoms with Crippen LogP contribution >= 0.6 is 0 Å². The van der Waals surface area contributed by atoms with Gasteiger partial charge in [0.1, 0.15) is 17.6 Å². The van der Waals surface area contributed by atoms with Crippen LogP contribution in [0, 0.1) is 0 Å². The first kappa shape index (κ1) is 21.1. The van der Waals surface area contributed by atoms with Crippen LogP contribution in [-0.4, -0.2) is 33.6 Å². The van der Waals surface area contributed by atoms with E-state index in [1.54, 1.807) is 36.4 Å². The Morgan fingerprint density at radius 3 is 2.70 bits per heavy atom. The SMILES string of the molecule is O=C(CN1C(=O)CC(c2ccco2)S(=O)(=O)c2ccccc21)NCc1ccc2c(c1)OCO2. The maximum Gasteiger partial charge on any atom is 0.240 e. The molecule has 170 valence electrons. The summed E-state index contributed by atoms with van der Waals surface area (Å²) in [6, 6.07) is 14.6. The Hall–Kier alpha value is -3.79. The Morgan fingerprint density at radius 2 is 1.88 bits per heavy atom. The van der Waals surface area contributed by atoms with Crippen LogP contribution in [0.15, 0.2) is 70.2 Å². The lowest BCUT2D eigenvalue weighted by atomic mass is 10.2. The molecule has 0 fully saturated rings. The molecule has 0 spiro atoms. The quantitative estimate of drug-likeness (QED) is 0.612. The first-order chi connectivity index (χ1) is 15.9. The Kier molecular flexibility index (Phi) is 5.29. The van der Waals surface area contributed by atoms with E-state index in [4.69, 9.17) is 13.9 Å². The molecular weight excluding hydrogens is 448 g/mol. The van der Waals surface area contributed by atoms with Crippen molar-refractivity contribution in [2.45, 2.75) is 23.1 Å². The molecule has 0 saturated heterocycles. The van der Waals surface area contributed by atoms with Crippen LogP contribution in [0.25, 0.3) is 0 Å². The number of ether oxygens (including phenoxy) is 2. The number of hydrogen-bond donors (Lipinski definition) is 1. The molecule has 0 aliphatic carbocycles. The fraction of sp³-hybridized carbons (Fsp3) is 0.217. The average molecular weight is 468 g/mol. The lowest BCUT2D eigenvalue weighted by Gasteiger charge is -2.21. The van der Waals surface area contributed by atoms with Gasteiger partial charge < -0.3 is 24.1 Å². The Morgan fingerprint density at radius 1 is 1.06 bits per heavy atom. The molecule has 2 aliphatic heterocycles. The molecule has 9 nitrogen and oxygen atoms in total. The Bertz CT molecular complexity index is 1320. The molecule has 0 saturated carbocycles. The topological polar surface area (TPSA) is 115 Å². The van der Waals surface area contributed by atoms with E-state index in [9.17, 15) is 18.0 Å². The first-order valence-corrected chi connectivity index (χ1v) is 11.8. The summed E-state index contributed by atoms with van der Waals surface area (Å²) in [7, 11) is -3.92. The number of furan rings is 1. The van der Waals surface area contributed by atoms with Crippen LogP contribution in [0.3, 0.4) is 0 Å². The summed E-state index contributed by atoms with van der Waals surface area (Å²) in [4.78, 5) is 27.0. The van der Waals surface area contributed by atoms with E-state index in [1.807, 2.05) is 0 Å². The van der Waals surface area contributed by atoms with Gasteiger partial charge in [0.25, 0.3) is 0 Å². The molecule has 1 unspecified atom stereocenters. The number of anilines is 1. The molecule has 5 rings (SSSR count). The van der Waals surface area contributed by atoms with Crippen molar-refractivity contribution < 1.29 is 31.9 Å². The van der Waals surface area contributed by atoms with Gasteiger partial charge in [-0.25, -0.2) is 8.42 Å². The minimum Gasteiger partial charge on any atom is -0.468 e. The summed E-state index contributed by atoms with van der Waals surface area (Å²) in [5.41, 5.74) is 0.977. The number of rotatable bonds is 5. The second kappa shape index (κ2) is 8.28. The standard InChI is InChI=1S/C23H20N2O7S/c26-22(24-12-15-7-8-17-19(10-15)32-14-31-17)13-25-16-4-1-2-6-20(16)33(28,29)21(11-23(25)27)18-5-3-9-30-18/h1-10,21H,11-14H2,(H,24,26). The summed E-state index contributed by atoms with van der Waals surface area (Å²) in [5.74, 6) is 0.525. The number of nitrogens with zero attached hydrogens (tertiary/aromatic N) is 1. The van der Waals surface area contributed by atoms with Crippen molar-refractivity contribution >= 4 is 27.3 Å². The highest BCUT2D eigenvalue weighted by molar-refractivity contribution is 7.91. The van der Waals surface area contributed by atoms with Crippen molar-refractivity contribution in [3.05, 3.63) is 72.2 Å². The van der Waals surface area contributed by atoms with Gasteiger partial charge in [0.2, 0.25) is 18.6 Å². The molecule has 1 atom stereocenters. The van der Waals surface area contributed by atoms with Crippen molar-refractivity contribution in [3.8, 4) is 11.5 Å². The fourth-order valence-corrected chi connectivity index (χ4v) is 5.79. The maximum atomic E-state index is 13.3. The predicted molar refractivity (Wildman–Crippen MR) is 116 cm³/mol. The second-order valence-electron chi connectivity index (χ2n) is 7.67. The van der Waals surface area contributed by atoms with Gasteiger partial charge in [0, 0.05) is 6.54 Å². The fourth-order valence-electron chi connectivity index (χ4n) is 3.94. The molecule has 3 aromatic rings. The van der Waals surface area contributed by atoms with Gasteiger partial charge in [-0.15, -0.1) is 0 Å². The number of para-hydroxylation sites is 1.